The fourth-order valence-corrected chi connectivity index (χ4v) is 0.927. The van der Waals surface area contributed by atoms with Gasteiger partial charge < -0.3 is 5.32 Å². The van der Waals surface area contributed by atoms with Crippen LogP contribution in [0.2, 0.25) is 0 Å². The highest BCUT2D eigenvalue weighted by Gasteiger charge is 1.94. The van der Waals surface area contributed by atoms with Crippen LogP contribution in [0.5, 0.6) is 0 Å². The lowest BCUT2D eigenvalue weighted by Gasteiger charge is -1.90. The van der Waals surface area contributed by atoms with Crippen molar-refractivity contribution in [3.05, 3.63) is 11.6 Å². The molecule has 1 aromatic rings. The molecule has 1 amide bonds. The molecule has 0 aliphatic carbocycles. The van der Waals surface area contributed by atoms with Crippen molar-refractivity contribution in [3.8, 4) is 0 Å². The molecule has 1 aromatic heterocycles. The van der Waals surface area contributed by atoms with E-state index < -0.39 is 0 Å². The van der Waals surface area contributed by atoms with Gasteiger partial charge in [0, 0.05) is 12.3 Å². The van der Waals surface area contributed by atoms with E-state index in [1.54, 1.807) is 5.38 Å². The van der Waals surface area contributed by atoms with Gasteiger partial charge in [0.15, 0.2) is 5.13 Å². The van der Waals surface area contributed by atoms with E-state index >= 15 is 0 Å². The third-order valence-electron chi connectivity index (χ3n) is 0.672. The van der Waals surface area contributed by atoms with Gasteiger partial charge in [-0.15, -0.1) is 11.3 Å². The van der Waals surface area contributed by atoms with Crippen LogP contribution in [0, 0.1) is 6.20 Å². The highest BCUT2D eigenvalue weighted by atomic mass is 32.1. The summed E-state index contributed by atoms with van der Waals surface area (Å²) < 4.78 is 0. The van der Waals surface area contributed by atoms with Gasteiger partial charge >= 0.3 is 0 Å². The number of rotatable bonds is 1. The maximum Gasteiger partial charge on any atom is 0.223 e. The Hall–Kier alpha value is -0.900. The first-order valence-corrected chi connectivity index (χ1v) is 3.26. The van der Waals surface area contributed by atoms with Crippen LogP contribution in [0.15, 0.2) is 5.38 Å². The maximum absolute atomic E-state index is 10.4. The lowest BCUT2D eigenvalue weighted by molar-refractivity contribution is -0.114. The quantitative estimate of drug-likeness (QED) is 0.631. The third kappa shape index (κ3) is 1.81. The summed E-state index contributed by atoms with van der Waals surface area (Å²) in [6.45, 7) is 1.45. The zero-order valence-corrected chi connectivity index (χ0v) is 5.66. The summed E-state index contributed by atoms with van der Waals surface area (Å²) in [5.74, 6) is -0.0987. The SMILES string of the molecule is CC(=O)Nc1n[c]cs1. The summed E-state index contributed by atoms with van der Waals surface area (Å²) in [6, 6.07) is 0. The van der Waals surface area contributed by atoms with Crippen molar-refractivity contribution in [2.45, 2.75) is 6.92 Å². The van der Waals surface area contributed by atoms with Crippen molar-refractivity contribution < 1.29 is 4.79 Å². The molecule has 0 aliphatic rings. The molecule has 0 aromatic carbocycles. The minimum Gasteiger partial charge on any atom is -0.302 e. The van der Waals surface area contributed by atoms with Crippen molar-refractivity contribution in [3.63, 3.8) is 0 Å². The van der Waals surface area contributed by atoms with E-state index in [1.165, 1.54) is 18.3 Å². The van der Waals surface area contributed by atoms with Gasteiger partial charge in [0.1, 0.15) is 6.20 Å². The molecule has 0 spiro atoms. The first-order valence-electron chi connectivity index (χ1n) is 2.38. The molecule has 47 valence electrons. The summed E-state index contributed by atoms with van der Waals surface area (Å²) in [6.07, 6.45) is 2.59. The molecule has 3 nitrogen and oxygen atoms in total. The Labute approximate surface area is 56.7 Å². The van der Waals surface area contributed by atoms with Crippen molar-refractivity contribution in [2.75, 3.05) is 5.32 Å². The van der Waals surface area contributed by atoms with Gasteiger partial charge in [0.2, 0.25) is 5.91 Å². The second-order valence-corrected chi connectivity index (χ2v) is 2.32. The number of hydrogen-bond donors (Lipinski definition) is 1. The van der Waals surface area contributed by atoms with Crippen LogP contribution in [0.25, 0.3) is 0 Å². The zero-order chi connectivity index (χ0) is 6.69. The zero-order valence-electron chi connectivity index (χ0n) is 4.84. The molecular weight excluding hydrogens is 136 g/mol. The molecule has 0 atom stereocenters. The molecule has 1 heterocycles. The fraction of sp³-hybridized carbons (Fsp3) is 0.200. The standard InChI is InChI=1S/C5H5N2OS/c1-4(8)7-5-6-2-3-9-5/h3H,1H3,(H,6,7,8). The molecule has 9 heavy (non-hydrogen) atoms. The smallest absolute Gasteiger partial charge is 0.223 e. The number of nitrogens with zero attached hydrogens (tertiary/aromatic N) is 1. The summed E-state index contributed by atoms with van der Waals surface area (Å²) in [5.41, 5.74) is 0. The predicted molar refractivity (Wildman–Crippen MR) is 35.3 cm³/mol. The Morgan fingerprint density at radius 2 is 2.78 bits per heavy atom. The Kier molecular flexibility index (Phi) is 1.79. The largest absolute Gasteiger partial charge is 0.302 e. The Balaban J connectivity index is 2.58. The van der Waals surface area contributed by atoms with Crippen LogP contribution >= 0.6 is 11.3 Å². The van der Waals surface area contributed by atoms with Gasteiger partial charge in [-0.2, -0.15) is 0 Å². The van der Waals surface area contributed by atoms with Gasteiger partial charge in [0.05, 0.1) is 0 Å². The summed E-state index contributed by atoms with van der Waals surface area (Å²) in [5, 5.41) is 4.81. The van der Waals surface area contributed by atoms with Crippen molar-refractivity contribution in [2.24, 2.45) is 0 Å². The molecule has 1 rings (SSSR count). The molecule has 0 fully saturated rings. The lowest BCUT2D eigenvalue weighted by Crippen LogP contribution is -2.04. The van der Waals surface area contributed by atoms with Gasteiger partial charge in [-0.3, -0.25) is 4.79 Å². The summed E-state index contributed by atoms with van der Waals surface area (Å²) in [7, 11) is 0. The summed E-state index contributed by atoms with van der Waals surface area (Å²) in [4.78, 5) is 14.1. The number of aromatic nitrogens is 1. The lowest BCUT2D eigenvalue weighted by atomic mass is 10.7. The van der Waals surface area contributed by atoms with Crippen molar-refractivity contribution >= 4 is 22.4 Å². The van der Waals surface area contributed by atoms with E-state index in [-0.39, 0.29) is 5.91 Å². The molecule has 0 unspecified atom stereocenters. The first-order chi connectivity index (χ1) is 4.29. The minimum atomic E-state index is -0.0987. The van der Waals surface area contributed by atoms with Crippen molar-refractivity contribution in [1.29, 1.82) is 0 Å². The number of carbonyl (C=O) groups excluding carboxylic acids is 1. The number of hydrogen-bond acceptors (Lipinski definition) is 3. The van der Waals surface area contributed by atoms with E-state index in [9.17, 15) is 4.79 Å². The topological polar surface area (TPSA) is 42.0 Å². The Morgan fingerprint density at radius 3 is 3.22 bits per heavy atom. The second-order valence-electron chi connectivity index (χ2n) is 1.46. The number of thiazole rings is 1. The molecule has 1 radical (unpaired) electrons. The molecule has 0 saturated heterocycles. The number of amides is 1. The number of anilines is 1. The molecule has 1 N–H and O–H groups in total. The third-order valence-corrected chi connectivity index (χ3v) is 1.31. The van der Waals surface area contributed by atoms with E-state index in [4.69, 9.17) is 0 Å². The first kappa shape index (κ1) is 6.22. The molecular formula is C5H5N2OS. The number of nitrogens with one attached hydrogen (secondary N) is 1. The van der Waals surface area contributed by atoms with E-state index in [0.717, 1.165) is 0 Å². The molecule has 4 heteroatoms. The monoisotopic (exact) mass is 141 g/mol. The van der Waals surface area contributed by atoms with Crippen LogP contribution in [0.4, 0.5) is 5.13 Å². The summed E-state index contributed by atoms with van der Waals surface area (Å²) >= 11 is 1.35. The van der Waals surface area contributed by atoms with Crippen LogP contribution in [-0.4, -0.2) is 10.9 Å². The maximum atomic E-state index is 10.4. The fourth-order valence-electron chi connectivity index (χ4n) is 0.402. The van der Waals surface area contributed by atoms with E-state index in [1.807, 2.05) is 0 Å². The van der Waals surface area contributed by atoms with Gasteiger partial charge in [-0.25, -0.2) is 4.98 Å². The molecule has 0 aliphatic heterocycles. The number of carbonyl (C=O) groups is 1. The average molecular weight is 141 g/mol. The van der Waals surface area contributed by atoms with Gasteiger partial charge in [-0.05, 0) is 0 Å². The van der Waals surface area contributed by atoms with Crippen LogP contribution < -0.4 is 5.32 Å². The minimum absolute atomic E-state index is 0.0987. The second kappa shape index (κ2) is 2.59. The normalized spacial score (nSPS) is 9.00. The van der Waals surface area contributed by atoms with Gasteiger partial charge in [-0.1, -0.05) is 0 Å². The van der Waals surface area contributed by atoms with Crippen LogP contribution in [-0.2, 0) is 4.79 Å². The highest BCUT2D eigenvalue weighted by molar-refractivity contribution is 7.13. The Morgan fingerprint density at radius 1 is 2.00 bits per heavy atom. The predicted octanol–water partition coefficient (Wildman–Crippen LogP) is 0.902. The van der Waals surface area contributed by atoms with Gasteiger partial charge in [0.25, 0.3) is 0 Å². The van der Waals surface area contributed by atoms with E-state index in [2.05, 4.69) is 16.5 Å². The van der Waals surface area contributed by atoms with Crippen molar-refractivity contribution in [1.82, 2.24) is 4.98 Å². The molecule has 0 saturated carbocycles. The van der Waals surface area contributed by atoms with Crippen LogP contribution in [0.3, 0.4) is 0 Å². The molecule has 0 bridgehead atoms. The Bertz CT molecular complexity index is 195. The van der Waals surface area contributed by atoms with Crippen LogP contribution in [0.1, 0.15) is 6.92 Å². The average Bonchev–Trinajstić information content (AvgIpc) is 2.15. The highest BCUT2D eigenvalue weighted by Crippen LogP contribution is 2.08. The van der Waals surface area contributed by atoms with E-state index in [0.29, 0.717) is 5.13 Å².